The summed E-state index contributed by atoms with van der Waals surface area (Å²) in [6.07, 6.45) is 0. The molecule has 1 heteroatoms. The van der Waals surface area contributed by atoms with Crippen LogP contribution in [-0.4, -0.2) is 0 Å². The molecule has 0 aliphatic rings. The normalized spacial score (nSPS) is 11.3. The van der Waals surface area contributed by atoms with Crippen molar-refractivity contribution in [2.24, 2.45) is 0 Å². The van der Waals surface area contributed by atoms with Crippen LogP contribution in [0.15, 0.2) is 89.3 Å². The highest BCUT2D eigenvalue weighted by atomic mass is 16.3. The molecule has 0 fully saturated rings. The first-order valence-corrected chi connectivity index (χ1v) is 9.29. The van der Waals surface area contributed by atoms with Gasteiger partial charge in [0, 0.05) is 10.8 Å². The molecular formula is C26H20O. The zero-order chi connectivity index (χ0) is 18.4. The molecule has 0 aliphatic carbocycles. The van der Waals surface area contributed by atoms with E-state index in [1.54, 1.807) is 0 Å². The van der Waals surface area contributed by atoms with Crippen molar-refractivity contribution < 1.29 is 4.42 Å². The lowest BCUT2D eigenvalue weighted by Crippen LogP contribution is -1.80. The number of aryl methyl sites for hydroxylation is 2. The van der Waals surface area contributed by atoms with Gasteiger partial charge in [-0.1, -0.05) is 72.8 Å². The summed E-state index contributed by atoms with van der Waals surface area (Å²) in [5.74, 6) is 0. The van der Waals surface area contributed by atoms with E-state index in [1.807, 2.05) is 6.07 Å². The second kappa shape index (κ2) is 6.14. The Bertz CT molecular complexity index is 1260. The molecule has 0 aliphatic heterocycles. The van der Waals surface area contributed by atoms with E-state index in [-0.39, 0.29) is 0 Å². The molecular weight excluding hydrogens is 328 g/mol. The van der Waals surface area contributed by atoms with Crippen LogP contribution in [0.3, 0.4) is 0 Å². The van der Waals surface area contributed by atoms with Crippen molar-refractivity contribution in [3.05, 3.63) is 96.1 Å². The topological polar surface area (TPSA) is 13.1 Å². The van der Waals surface area contributed by atoms with E-state index in [2.05, 4.69) is 92.7 Å². The first kappa shape index (κ1) is 15.9. The minimum Gasteiger partial charge on any atom is -0.456 e. The Morgan fingerprint density at radius 3 is 1.89 bits per heavy atom. The van der Waals surface area contributed by atoms with Crippen LogP contribution in [-0.2, 0) is 0 Å². The highest BCUT2D eigenvalue weighted by molar-refractivity contribution is 6.07. The highest BCUT2D eigenvalue weighted by Crippen LogP contribution is 2.35. The van der Waals surface area contributed by atoms with Crippen LogP contribution in [0.4, 0.5) is 0 Å². The maximum Gasteiger partial charge on any atom is 0.138 e. The predicted molar refractivity (Wildman–Crippen MR) is 114 cm³/mol. The van der Waals surface area contributed by atoms with E-state index in [0.717, 1.165) is 11.2 Å². The summed E-state index contributed by atoms with van der Waals surface area (Å²) in [6, 6.07) is 30.0. The largest absolute Gasteiger partial charge is 0.456 e. The fraction of sp³-hybridized carbons (Fsp3) is 0.0769. The van der Waals surface area contributed by atoms with Crippen molar-refractivity contribution in [1.29, 1.82) is 0 Å². The second-order valence-corrected chi connectivity index (χ2v) is 7.14. The van der Waals surface area contributed by atoms with Crippen molar-refractivity contribution in [1.82, 2.24) is 0 Å². The number of furan rings is 1. The molecule has 0 saturated carbocycles. The van der Waals surface area contributed by atoms with Gasteiger partial charge >= 0.3 is 0 Å². The van der Waals surface area contributed by atoms with E-state index in [0.29, 0.717) is 0 Å². The molecule has 0 spiro atoms. The average molecular weight is 348 g/mol. The molecule has 1 heterocycles. The standard InChI is InChI=1S/C26H20O/c1-17-8-14-24-23-15-13-22(16-25(23)27-26(24)18(17)2)21-11-9-20(10-12-21)19-6-4-3-5-7-19/h3-16H,1-2H3. The van der Waals surface area contributed by atoms with Gasteiger partial charge in [0.05, 0.1) is 0 Å². The molecule has 4 aromatic carbocycles. The number of rotatable bonds is 2. The van der Waals surface area contributed by atoms with Gasteiger partial charge < -0.3 is 4.42 Å². The maximum atomic E-state index is 6.22. The molecule has 0 unspecified atom stereocenters. The molecule has 1 nitrogen and oxygen atoms in total. The molecule has 0 atom stereocenters. The molecule has 0 amide bonds. The van der Waals surface area contributed by atoms with Gasteiger partial charge in [-0.25, -0.2) is 0 Å². The van der Waals surface area contributed by atoms with Gasteiger partial charge in [-0.2, -0.15) is 0 Å². The van der Waals surface area contributed by atoms with E-state index < -0.39 is 0 Å². The third kappa shape index (κ3) is 2.63. The quantitative estimate of drug-likeness (QED) is 0.321. The monoisotopic (exact) mass is 348 g/mol. The van der Waals surface area contributed by atoms with Gasteiger partial charge in [0.1, 0.15) is 11.2 Å². The molecule has 27 heavy (non-hydrogen) atoms. The van der Waals surface area contributed by atoms with Crippen LogP contribution in [0.5, 0.6) is 0 Å². The van der Waals surface area contributed by atoms with Gasteiger partial charge in [-0.15, -0.1) is 0 Å². The summed E-state index contributed by atoms with van der Waals surface area (Å²) in [5.41, 5.74) is 9.28. The molecule has 5 rings (SSSR count). The number of hydrogen-bond acceptors (Lipinski definition) is 1. The van der Waals surface area contributed by atoms with Gasteiger partial charge in [-0.05, 0) is 59.4 Å². The molecule has 1 aromatic heterocycles. The van der Waals surface area contributed by atoms with Crippen LogP contribution in [0.2, 0.25) is 0 Å². The van der Waals surface area contributed by atoms with Gasteiger partial charge in [-0.3, -0.25) is 0 Å². The second-order valence-electron chi connectivity index (χ2n) is 7.14. The smallest absolute Gasteiger partial charge is 0.138 e. The molecule has 130 valence electrons. The summed E-state index contributed by atoms with van der Waals surface area (Å²) in [6.45, 7) is 4.25. The lowest BCUT2D eigenvalue weighted by molar-refractivity contribution is 0.665. The lowest BCUT2D eigenvalue weighted by Gasteiger charge is -2.05. The van der Waals surface area contributed by atoms with Gasteiger partial charge in [0.2, 0.25) is 0 Å². The fourth-order valence-corrected chi connectivity index (χ4v) is 3.74. The molecule has 0 N–H and O–H groups in total. The number of fused-ring (bicyclic) bond motifs is 3. The number of hydrogen-bond donors (Lipinski definition) is 0. The SMILES string of the molecule is Cc1ccc2c(oc3cc(-c4ccc(-c5ccccc5)cc4)ccc32)c1C. The first-order chi connectivity index (χ1) is 13.2. The summed E-state index contributed by atoms with van der Waals surface area (Å²) in [5, 5.41) is 2.37. The first-order valence-electron chi connectivity index (χ1n) is 9.29. The summed E-state index contributed by atoms with van der Waals surface area (Å²) < 4.78 is 6.22. The van der Waals surface area contributed by atoms with Crippen molar-refractivity contribution >= 4 is 21.9 Å². The lowest BCUT2D eigenvalue weighted by atomic mass is 9.99. The highest BCUT2D eigenvalue weighted by Gasteiger charge is 2.11. The summed E-state index contributed by atoms with van der Waals surface area (Å²) >= 11 is 0. The van der Waals surface area contributed by atoms with Gasteiger partial charge in [0.25, 0.3) is 0 Å². The molecule has 5 aromatic rings. The van der Waals surface area contributed by atoms with Crippen LogP contribution in [0.25, 0.3) is 44.2 Å². The van der Waals surface area contributed by atoms with Crippen LogP contribution in [0.1, 0.15) is 11.1 Å². The third-order valence-electron chi connectivity index (χ3n) is 5.49. The Morgan fingerprint density at radius 2 is 1.15 bits per heavy atom. The van der Waals surface area contributed by atoms with E-state index in [1.165, 1.54) is 44.2 Å². The Morgan fingerprint density at radius 1 is 0.556 bits per heavy atom. The molecule has 0 radical (unpaired) electrons. The predicted octanol–water partition coefficient (Wildman–Crippen LogP) is 7.54. The average Bonchev–Trinajstić information content (AvgIpc) is 3.10. The van der Waals surface area contributed by atoms with Crippen molar-refractivity contribution in [3.63, 3.8) is 0 Å². The zero-order valence-electron chi connectivity index (χ0n) is 15.5. The summed E-state index contributed by atoms with van der Waals surface area (Å²) in [7, 11) is 0. The molecule has 0 bridgehead atoms. The minimum absolute atomic E-state index is 0.948. The Balaban J connectivity index is 1.59. The zero-order valence-corrected chi connectivity index (χ0v) is 15.5. The van der Waals surface area contributed by atoms with Crippen molar-refractivity contribution in [2.75, 3.05) is 0 Å². The fourth-order valence-electron chi connectivity index (χ4n) is 3.74. The summed E-state index contributed by atoms with van der Waals surface area (Å²) in [4.78, 5) is 0. The van der Waals surface area contributed by atoms with E-state index >= 15 is 0 Å². The van der Waals surface area contributed by atoms with E-state index in [4.69, 9.17) is 4.42 Å². The molecule has 0 saturated heterocycles. The van der Waals surface area contributed by atoms with Crippen molar-refractivity contribution in [3.8, 4) is 22.3 Å². The van der Waals surface area contributed by atoms with Crippen molar-refractivity contribution in [2.45, 2.75) is 13.8 Å². The van der Waals surface area contributed by atoms with Crippen LogP contribution in [0, 0.1) is 13.8 Å². The van der Waals surface area contributed by atoms with E-state index in [9.17, 15) is 0 Å². The van der Waals surface area contributed by atoms with Gasteiger partial charge in [0.15, 0.2) is 0 Å². The number of benzene rings is 4. The van der Waals surface area contributed by atoms with Crippen LogP contribution < -0.4 is 0 Å². The Kier molecular flexibility index (Phi) is 3.61. The third-order valence-corrected chi connectivity index (χ3v) is 5.49. The maximum absolute atomic E-state index is 6.22. The van der Waals surface area contributed by atoms with Crippen LogP contribution >= 0.6 is 0 Å². The Labute approximate surface area is 158 Å². The Hall–Kier alpha value is -3.32. The minimum atomic E-state index is 0.948.